The number of benzene rings is 2. The molecule has 5 rings (SSSR count). The number of alkyl halides is 2. The van der Waals surface area contributed by atoms with Crippen molar-refractivity contribution in [3.05, 3.63) is 94.4 Å². The molecule has 1 aliphatic rings. The summed E-state index contributed by atoms with van der Waals surface area (Å²) >= 11 is 0. The van der Waals surface area contributed by atoms with E-state index >= 15 is 0 Å². The average Bonchev–Trinajstić information content (AvgIpc) is 3.52. The molecule has 0 bridgehead atoms. The van der Waals surface area contributed by atoms with Crippen LogP contribution in [0.25, 0.3) is 38.7 Å². The Labute approximate surface area is 228 Å². The molecular weight excluding hydrogens is 518 g/mol. The molecule has 2 aromatic heterocycles. The summed E-state index contributed by atoms with van der Waals surface area (Å²) < 4.78 is 34.3. The zero-order valence-corrected chi connectivity index (χ0v) is 21.7. The van der Waals surface area contributed by atoms with Gasteiger partial charge in [-0.05, 0) is 64.2 Å². The van der Waals surface area contributed by atoms with Gasteiger partial charge in [-0.1, -0.05) is 17.2 Å². The second kappa shape index (κ2) is 11.6. The van der Waals surface area contributed by atoms with Crippen molar-refractivity contribution in [1.29, 1.82) is 0 Å². The van der Waals surface area contributed by atoms with Crippen LogP contribution in [-0.2, 0) is 29.3 Å². The average molecular weight is 545 g/mol. The molecule has 204 valence electrons. The number of hydrogen-bond donors (Lipinski definition) is 1. The Morgan fingerprint density at radius 3 is 2.90 bits per heavy atom. The smallest absolute Gasteiger partial charge is 0.283 e. The first kappa shape index (κ1) is 26.9. The summed E-state index contributed by atoms with van der Waals surface area (Å²) in [6.45, 7) is -0.0931. The molecule has 12 heteroatoms. The van der Waals surface area contributed by atoms with E-state index in [-0.39, 0.29) is 12.6 Å². The first-order chi connectivity index (χ1) is 19.3. The molecule has 0 unspecified atom stereocenters. The molecule has 10 nitrogen and oxygen atoms in total. The van der Waals surface area contributed by atoms with Crippen LogP contribution in [0.1, 0.15) is 16.7 Å². The number of azide groups is 1. The van der Waals surface area contributed by atoms with Crippen LogP contribution in [0, 0.1) is 0 Å². The standard InChI is InChI=1S/C28H26F2N8O2/c1-40-16-28(29,30)15-37-13-21-2-5-23(10-22(21)14-37)35-27(39)7-4-20-12-32-9-8-24(20)19-3-6-25-26(11-19)38(17-33-25)18-34-36-31/h2-12,17H,13-16,18H2,1H3,(H,35,39)/b7-4+. The number of hydrogen-bond acceptors (Lipinski definition) is 6. The van der Waals surface area contributed by atoms with E-state index < -0.39 is 19.1 Å². The van der Waals surface area contributed by atoms with Crippen LogP contribution in [0.15, 0.2) is 72.4 Å². The van der Waals surface area contributed by atoms with Gasteiger partial charge in [-0.15, -0.1) is 0 Å². The lowest BCUT2D eigenvalue weighted by Gasteiger charge is -2.22. The fourth-order valence-electron chi connectivity index (χ4n) is 4.82. The van der Waals surface area contributed by atoms with Crippen LogP contribution in [0.4, 0.5) is 14.5 Å². The molecule has 40 heavy (non-hydrogen) atoms. The number of aromatic nitrogens is 3. The van der Waals surface area contributed by atoms with E-state index in [0.717, 1.165) is 38.9 Å². The molecule has 1 amide bonds. The Balaban J connectivity index is 1.28. The summed E-state index contributed by atoms with van der Waals surface area (Å²) in [7, 11) is 1.26. The number of pyridine rings is 1. The summed E-state index contributed by atoms with van der Waals surface area (Å²) in [4.78, 5) is 25.8. The molecule has 0 saturated carbocycles. The van der Waals surface area contributed by atoms with Gasteiger partial charge in [0, 0.05) is 54.8 Å². The van der Waals surface area contributed by atoms with Crippen LogP contribution >= 0.6 is 0 Å². The molecule has 1 N–H and O–H groups in total. The Kier molecular flexibility index (Phi) is 7.83. The number of anilines is 1. The van der Waals surface area contributed by atoms with Gasteiger partial charge in [0.05, 0.1) is 23.9 Å². The molecule has 0 radical (unpaired) electrons. The lowest BCUT2D eigenvalue weighted by Crippen LogP contribution is -2.37. The first-order valence-corrected chi connectivity index (χ1v) is 12.5. The van der Waals surface area contributed by atoms with E-state index in [1.807, 2.05) is 36.4 Å². The second-order valence-electron chi connectivity index (χ2n) is 9.49. The predicted octanol–water partition coefficient (Wildman–Crippen LogP) is 5.62. The van der Waals surface area contributed by atoms with Crippen molar-refractivity contribution in [3.63, 3.8) is 0 Å². The van der Waals surface area contributed by atoms with Gasteiger partial charge < -0.3 is 14.6 Å². The fourth-order valence-corrected chi connectivity index (χ4v) is 4.82. The Morgan fingerprint density at radius 2 is 2.08 bits per heavy atom. The third-order valence-electron chi connectivity index (χ3n) is 6.55. The summed E-state index contributed by atoms with van der Waals surface area (Å²) in [5.74, 6) is -3.26. The highest BCUT2D eigenvalue weighted by molar-refractivity contribution is 6.02. The molecule has 0 spiro atoms. The maximum Gasteiger partial charge on any atom is 0.283 e. The molecular formula is C28H26F2N8O2. The maximum absolute atomic E-state index is 14.0. The third kappa shape index (κ3) is 6.15. The minimum Gasteiger partial charge on any atom is -0.378 e. The molecule has 2 aromatic carbocycles. The van der Waals surface area contributed by atoms with Gasteiger partial charge in [0.1, 0.15) is 13.3 Å². The Hall–Kier alpha value is -4.64. The van der Waals surface area contributed by atoms with Crippen molar-refractivity contribution >= 4 is 28.7 Å². The number of methoxy groups -OCH3 is 1. The molecule has 3 heterocycles. The number of carbonyl (C=O) groups excluding carboxylic acids is 1. The monoisotopic (exact) mass is 544 g/mol. The molecule has 1 aliphatic heterocycles. The van der Waals surface area contributed by atoms with Gasteiger partial charge in [-0.3, -0.25) is 14.7 Å². The minimum atomic E-state index is -2.93. The Bertz CT molecular complexity index is 1630. The maximum atomic E-state index is 14.0. The van der Waals surface area contributed by atoms with Crippen molar-refractivity contribution in [1.82, 2.24) is 19.4 Å². The van der Waals surface area contributed by atoms with Crippen LogP contribution in [0.2, 0.25) is 0 Å². The van der Waals surface area contributed by atoms with Gasteiger partial charge in [-0.25, -0.2) is 13.8 Å². The number of carbonyl (C=O) groups is 1. The van der Waals surface area contributed by atoms with E-state index in [1.165, 1.54) is 13.2 Å². The van der Waals surface area contributed by atoms with Crippen LogP contribution in [0.3, 0.4) is 0 Å². The largest absolute Gasteiger partial charge is 0.378 e. The van der Waals surface area contributed by atoms with Crippen LogP contribution in [0.5, 0.6) is 0 Å². The van der Waals surface area contributed by atoms with Gasteiger partial charge in [0.25, 0.3) is 5.92 Å². The van der Waals surface area contributed by atoms with Gasteiger partial charge in [-0.2, -0.15) is 0 Å². The number of imidazole rings is 1. The Morgan fingerprint density at radius 1 is 1.23 bits per heavy atom. The number of ether oxygens (including phenoxy) is 1. The fraction of sp³-hybridized carbons (Fsp3) is 0.250. The van der Waals surface area contributed by atoms with Crippen molar-refractivity contribution in [2.45, 2.75) is 25.7 Å². The number of fused-ring (bicyclic) bond motifs is 2. The summed E-state index contributed by atoms with van der Waals surface area (Å²) in [5, 5.41) is 6.46. The molecule has 4 aromatic rings. The second-order valence-corrected chi connectivity index (χ2v) is 9.49. The topological polar surface area (TPSA) is 121 Å². The third-order valence-corrected chi connectivity index (χ3v) is 6.55. The van der Waals surface area contributed by atoms with Gasteiger partial charge in [0.15, 0.2) is 0 Å². The van der Waals surface area contributed by atoms with E-state index in [1.54, 1.807) is 40.3 Å². The van der Waals surface area contributed by atoms with Crippen molar-refractivity contribution in [2.75, 3.05) is 25.6 Å². The number of rotatable bonds is 10. The van der Waals surface area contributed by atoms with Crippen LogP contribution in [-0.4, -0.2) is 51.5 Å². The quantitative estimate of drug-likeness (QED) is 0.120. The summed E-state index contributed by atoms with van der Waals surface area (Å²) in [5.41, 5.74) is 15.2. The van der Waals surface area contributed by atoms with Crippen LogP contribution < -0.4 is 5.32 Å². The van der Waals surface area contributed by atoms with Gasteiger partial charge in [0.2, 0.25) is 5.91 Å². The van der Waals surface area contributed by atoms with Crippen molar-refractivity contribution in [2.24, 2.45) is 5.11 Å². The zero-order valence-electron chi connectivity index (χ0n) is 21.7. The van der Waals surface area contributed by atoms with Gasteiger partial charge >= 0.3 is 0 Å². The number of nitrogens with zero attached hydrogens (tertiary/aromatic N) is 7. The minimum absolute atomic E-state index is 0.126. The highest BCUT2D eigenvalue weighted by Crippen LogP contribution is 2.29. The molecule has 0 fully saturated rings. The lowest BCUT2D eigenvalue weighted by molar-refractivity contribution is -0.111. The van der Waals surface area contributed by atoms with E-state index in [2.05, 4.69) is 30.0 Å². The normalized spacial score (nSPS) is 13.5. The zero-order chi connectivity index (χ0) is 28.1. The predicted molar refractivity (Wildman–Crippen MR) is 147 cm³/mol. The highest BCUT2D eigenvalue weighted by atomic mass is 19.3. The number of nitrogens with one attached hydrogen (secondary N) is 1. The molecule has 0 aliphatic carbocycles. The number of halogens is 2. The van der Waals surface area contributed by atoms with Crippen molar-refractivity contribution in [3.8, 4) is 11.1 Å². The number of amides is 1. The highest BCUT2D eigenvalue weighted by Gasteiger charge is 2.34. The SMILES string of the molecule is COCC(F)(F)CN1Cc2ccc(NC(=O)/C=C/c3cnccc3-c3ccc4ncn(CN=[N+]=[N-])c4c3)cc2C1. The lowest BCUT2D eigenvalue weighted by atomic mass is 10.0. The molecule has 0 saturated heterocycles. The van der Waals surface area contributed by atoms with E-state index in [0.29, 0.717) is 18.8 Å². The first-order valence-electron chi connectivity index (χ1n) is 12.5. The molecule has 0 atom stereocenters. The summed E-state index contributed by atoms with van der Waals surface area (Å²) in [6.07, 6.45) is 8.08. The van der Waals surface area contributed by atoms with Crippen molar-refractivity contribution < 1.29 is 18.3 Å². The summed E-state index contributed by atoms with van der Waals surface area (Å²) in [6, 6.07) is 13.1. The van der Waals surface area contributed by atoms with E-state index in [4.69, 9.17) is 5.53 Å². The van der Waals surface area contributed by atoms with E-state index in [9.17, 15) is 13.6 Å².